The summed E-state index contributed by atoms with van der Waals surface area (Å²) in [5, 5.41) is 9.10. The maximum absolute atomic E-state index is 13.5. The zero-order valence-electron chi connectivity index (χ0n) is 18.8. The largest absolute Gasteiger partial charge is 0.497 e. The van der Waals surface area contributed by atoms with Gasteiger partial charge in [0.25, 0.3) is 0 Å². The molecule has 3 aromatic heterocycles. The van der Waals surface area contributed by atoms with Crippen LogP contribution in [0.3, 0.4) is 0 Å². The van der Waals surface area contributed by atoms with Crippen molar-refractivity contribution >= 4 is 17.4 Å². The van der Waals surface area contributed by atoms with Gasteiger partial charge in [0.1, 0.15) is 11.4 Å². The molecular formula is C25H20F3N5OS. The minimum Gasteiger partial charge on any atom is -0.497 e. The number of imidazole rings is 1. The molecule has 0 N–H and O–H groups in total. The fourth-order valence-electron chi connectivity index (χ4n) is 3.76. The molecule has 0 spiro atoms. The van der Waals surface area contributed by atoms with Gasteiger partial charge in [0.2, 0.25) is 0 Å². The number of hydrogen-bond acceptors (Lipinski definition) is 5. The number of pyridine rings is 1. The van der Waals surface area contributed by atoms with Crippen LogP contribution in [0.2, 0.25) is 0 Å². The van der Waals surface area contributed by atoms with Crippen LogP contribution in [0.25, 0.3) is 22.7 Å². The molecule has 0 amide bonds. The Morgan fingerprint density at radius 3 is 2.51 bits per heavy atom. The van der Waals surface area contributed by atoms with Crippen LogP contribution in [-0.4, -0.2) is 31.3 Å². The molecule has 0 unspecified atom stereocenters. The number of nitrogens with zero attached hydrogens (tertiary/aromatic N) is 5. The predicted octanol–water partition coefficient (Wildman–Crippen LogP) is 6.21. The van der Waals surface area contributed by atoms with E-state index in [2.05, 4.69) is 15.2 Å². The highest BCUT2D eigenvalue weighted by molar-refractivity contribution is 7.98. The van der Waals surface area contributed by atoms with Crippen molar-refractivity contribution in [1.29, 1.82) is 0 Å². The van der Waals surface area contributed by atoms with Gasteiger partial charge in [-0.05, 0) is 61.0 Å². The summed E-state index contributed by atoms with van der Waals surface area (Å²) in [5.74, 6) is 1.57. The monoisotopic (exact) mass is 495 g/mol. The topological polar surface area (TPSA) is 57.2 Å². The highest BCUT2D eigenvalue weighted by Gasteiger charge is 2.31. The number of halogens is 3. The fraction of sp³-hybridized carbons (Fsp3) is 0.160. The second kappa shape index (κ2) is 9.10. The fourth-order valence-corrected chi connectivity index (χ4v) is 4.59. The second-order valence-corrected chi connectivity index (χ2v) is 8.80. The number of benzene rings is 2. The first-order valence-corrected chi connectivity index (χ1v) is 11.7. The van der Waals surface area contributed by atoms with Gasteiger partial charge < -0.3 is 9.14 Å². The summed E-state index contributed by atoms with van der Waals surface area (Å²) in [5.41, 5.74) is 3.03. The van der Waals surface area contributed by atoms with Crippen molar-refractivity contribution in [3.05, 3.63) is 89.9 Å². The number of methoxy groups -OCH3 is 1. The molecule has 0 saturated carbocycles. The Morgan fingerprint density at radius 2 is 1.80 bits per heavy atom. The van der Waals surface area contributed by atoms with E-state index in [1.807, 2.05) is 35.9 Å². The van der Waals surface area contributed by atoms with Crippen molar-refractivity contribution in [3.63, 3.8) is 0 Å². The van der Waals surface area contributed by atoms with E-state index in [1.54, 1.807) is 42.0 Å². The molecule has 0 saturated heterocycles. The van der Waals surface area contributed by atoms with Gasteiger partial charge in [-0.2, -0.15) is 13.2 Å². The number of thioether (sulfide) groups is 1. The van der Waals surface area contributed by atoms with E-state index in [0.717, 1.165) is 29.0 Å². The molecule has 0 aliphatic rings. The lowest BCUT2D eigenvalue weighted by atomic mass is 10.1. The van der Waals surface area contributed by atoms with Crippen LogP contribution in [0.1, 0.15) is 16.8 Å². The number of aryl methyl sites for hydroxylation is 1. The van der Waals surface area contributed by atoms with Gasteiger partial charge in [-0.25, -0.2) is 4.98 Å². The number of ether oxygens (including phenoxy) is 1. The van der Waals surface area contributed by atoms with Crippen molar-refractivity contribution < 1.29 is 17.9 Å². The zero-order valence-corrected chi connectivity index (χ0v) is 19.6. The SMILES string of the molecule is COc1ccc(-c2nnc(SCc3cn4cccc(C)c4n3)n2-c2cccc(C(F)(F)F)c2)cc1. The summed E-state index contributed by atoms with van der Waals surface area (Å²) in [4.78, 5) is 4.68. The number of hydrogen-bond donors (Lipinski definition) is 0. The Bertz CT molecular complexity index is 1490. The third kappa shape index (κ3) is 4.61. The van der Waals surface area contributed by atoms with Gasteiger partial charge in [0.05, 0.1) is 24.1 Å². The third-order valence-corrected chi connectivity index (χ3v) is 6.45. The summed E-state index contributed by atoms with van der Waals surface area (Å²) >= 11 is 1.36. The van der Waals surface area contributed by atoms with E-state index in [9.17, 15) is 13.2 Å². The first-order chi connectivity index (χ1) is 16.8. The molecule has 5 aromatic rings. The standard InChI is InChI=1S/C25H20F3N5OS/c1-16-5-4-12-32-14-19(29-22(16)32)15-35-24-31-30-23(17-8-10-21(34-2)11-9-17)33(24)20-7-3-6-18(13-20)25(26,27)28/h3-14H,15H2,1-2H3. The molecule has 0 radical (unpaired) electrons. The Balaban J connectivity index is 1.55. The molecule has 35 heavy (non-hydrogen) atoms. The summed E-state index contributed by atoms with van der Waals surface area (Å²) in [6.07, 6.45) is -0.604. The van der Waals surface area contributed by atoms with Gasteiger partial charge >= 0.3 is 6.18 Å². The summed E-state index contributed by atoms with van der Waals surface area (Å²) in [6.45, 7) is 1.99. The van der Waals surface area contributed by atoms with Crippen LogP contribution >= 0.6 is 11.8 Å². The Kier molecular flexibility index (Phi) is 5.98. The van der Waals surface area contributed by atoms with Crippen LogP contribution in [0.4, 0.5) is 13.2 Å². The van der Waals surface area contributed by atoms with Crippen molar-refractivity contribution in [2.45, 2.75) is 24.0 Å². The first-order valence-electron chi connectivity index (χ1n) is 10.7. The third-order valence-electron chi connectivity index (χ3n) is 5.49. The van der Waals surface area contributed by atoms with Crippen LogP contribution < -0.4 is 4.74 Å². The summed E-state index contributed by atoms with van der Waals surface area (Å²) in [6, 6.07) is 16.2. The van der Waals surface area contributed by atoms with Crippen LogP contribution in [-0.2, 0) is 11.9 Å². The average molecular weight is 496 g/mol. The van der Waals surface area contributed by atoms with Gasteiger partial charge in [0, 0.05) is 23.7 Å². The predicted molar refractivity (Wildman–Crippen MR) is 128 cm³/mol. The van der Waals surface area contributed by atoms with Gasteiger partial charge in [-0.3, -0.25) is 4.57 Å². The number of aromatic nitrogens is 5. The lowest BCUT2D eigenvalue weighted by Gasteiger charge is -2.13. The average Bonchev–Trinajstić information content (AvgIpc) is 3.47. The maximum Gasteiger partial charge on any atom is 0.416 e. The lowest BCUT2D eigenvalue weighted by Crippen LogP contribution is -2.07. The number of rotatable bonds is 6. The smallest absolute Gasteiger partial charge is 0.416 e. The highest BCUT2D eigenvalue weighted by Crippen LogP contribution is 2.34. The molecule has 0 aliphatic heterocycles. The van der Waals surface area contributed by atoms with Crippen molar-refractivity contribution in [1.82, 2.24) is 24.1 Å². The normalized spacial score (nSPS) is 11.8. The zero-order chi connectivity index (χ0) is 24.6. The maximum atomic E-state index is 13.5. The van der Waals surface area contributed by atoms with Crippen molar-refractivity contribution in [3.8, 4) is 22.8 Å². The highest BCUT2D eigenvalue weighted by atomic mass is 32.2. The Labute approximate surface area is 203 Å². The van der Waals surface area contributed by atoms with E-state index in [1.165, 1.54) is 17.8 Å². The van der Waals surface area contributed by atoms with E-state index in [4.69, 9.17) is 4.74 Å². The van der Waals surface area contributed by atoms with E-state index in [-0.39, 0.29) is 0 Å². The van der Waals surface area contributed by atoms with Crippen molar-refractivity contribution in [2.24, 2.45) is 0 Å². The Hall–Kier alpha value is -3.79. The van der Waals surface area contributed by atoms with E-state index < -0.39 is 11.7 Å². The summed E-state index contributed by atoms with van der Waals surface area (Å²) < 4.78 is 49.2. The van der Waals surface area contributed by atoms with Crippen molar-refractivity contribution in [2.75, 3.05) is 7.11 Å². The summed E-state index contributed by atoms with van der Waals surface area (Å²) in [7, 11) is 1.57. The molecule has 0 aliphatic carbocycles. The molecule has 3 heterocycles. The van der Waals surface area contributed by atoms with Crippen LogP contribution in [0, 0.1) is 6.92 Å². The molecule has 10 heteroatoms. The molecule has 0 fully saturated rings. The quantitative estimate of drug-likeness (QED) is 0.262. The lowest BCUT2D eigenvalue weighted by molar-refractivity contribution is -0.137. The first kappa shape index (κ1) is 23.0. The van der Waals surface area contributed by atoms with Gasteiger partial charge in [-0.1, -0.05) is 23.9 Å². The minimum absolute atomic E-state index is 0.323. The number of fused-ring (bicyclic) bond motifs is 1. The van der Waals surface area contributed by atoms with E-state index >= 15 is 0 Å². The molecule has 6 nitrogen and oxygen atoms in total. The molecule has 0 bridgehead atoms. The number of alkyl halides is 3. The van der Waals surface area contributed by atoms with Gasteiger partial charge in [-0.15, -0.1) is 10.2 Å². The molecule has 5 rings (SSSR count). The molecule has 2 aromatic carbocycles. The molecular weight excluding hydrogens is 475 g/mol. The van der Waals surface area contributed by atoms with E-state index in [0.29, 0.717) is 33.7 Å². The second-order valence-electron chi connectivity index (χ2n) is 7.86. The van der Waals surface area contributed by atoms with Crippen LogP contribution in [0.15, 0.2) is 78.2 Å². The van der Waals surface area contributed by atoms with Gasteiger partial charge in [0.15, 0.2) is 11.0 Å². The Morgan fingerprint density at radius 1 is 1.00 bits per heavy atom. The molecule has 178 valence electrons. The molecule has 0 atom stereocenters. The van der Waals surface area contributed by atoms with Crippen LogP contribution in [0.5, 0.6) is 5.75 Å². The minimum atomic E-state index is -4.47.